The van der Waals surface area contributed by atoms with Crippen molar-refractivity contribution >= 4 is 38.5 Å². The van der Waals surface area contributed by atoms with Crippen LogP contribution in [0.2, 0.25) is 0 Å². The molecule has 0 fully saturated rings. The van der Waals surface area contributed by atoms with Gasteiger partial charge >= 0.3 is 0 Å². The second-order valence-corrected chi connectivity index (χ2v) is 6.93. The molecule has 0 saturated carbocycles. The Kier molecular flexibility index (Phi) is 4.12. The third-order valence-corrected chi connectivity index (χ3v) is 5.28. The average Bonchev–Trinajstić information content (AvgIpc) is 2.81. The van der Waals surface area contributed by atoms with Crippen molar-refractivity contribution in [3.05, 3.63) is 58.4 Å². The number of aromatic nitrogens is 3. The summed E-state index contributed by atoms with van der Waals surface area (Å²) >= 11 is 0. The first-order valence-corrected chi connectivity index (χ1v) is 9.38. The highest BCUT2D eigenvalue weighted by molar-refractivity contribution is 5.95. The van der Waals surface area contributed by atoms with E-state index < -0.39 is 0 Å². The molecule has 3 heterocycles. The molecule has 31 heavy (non-hydrogen) atoms. The van der Waals surface area contributed by atoms with Crippen molar-refractivity contribution < 1.29 is 14.2 Å². The Bertz CT molecular complexity index is 1630. The molecule has 8 nitrogen and oxygen atoms in total. The molecule has 0 spiro atoms. The van der Waals surface area contributed by atoms with Crippen LogP contribution >= 0.6 is 0 Å². The molecule has 2 aromatic carbocycles. The van der Waals surface area contributed by atoms with Crippen molar-refractivity contribution in [2.45, 2.75) is 0 Å². The third-order valence-electron chi connectivity index (χ3n) is 5.28. The summed E-state index contributed by atoms with van der Waals surface area (Å²) in [7, 11) is 4.60. The number of hydrogen-bond acceptors (Lipinski definition) is 7. The summed E-state index contributed by atoms with van der Waals surface area (Å²) in [4.78, 5) is 22.8. The zero-order valence-electron chi connectivity index (χ0n) is 17.0. The molecule has 152 valence electrons. The Labute approximate surface area is 175 Å². The largest absolute Gasteiger partial charge is 0.497 e. The highest BCUT2D eigenvalue weighted by Gasteiger charge is 2.17. The van der Waals surface area contributed by atoms with Crippen LogP contribution in [-0.4, -0.2) is 35.7 Å². The van der Waals surface area contributed by atoms with Gasteiger partial charge in [0.2, 0.25) is 0 Å². The highest BCUT2D eigenvalue weighted by Crippen LogP contribution is 2.31. The van der Waals surface area contributed by atoms with Crippen molar-refractivity contribution in [3.63, 3.8) is 0 Å². The highest BCUT2D eigenvalue weighted by atomic mass is 16.5. The normalized spacial score (nSPS) is 11.2. The summed E-state index contributed by atoms with van der Waals surface area (Å²) in [6.07, 6.45) is 0. The molecule has 0 bridgehead atoms. The predicted molar refractivity (Wildman–Crippen MR) is 116 cm³/mol. The molecule has 8 heteroatoms. The molecule has 0 atom stereocenters. The van der Waals surface area contributed by atoms with Crippen molar-refractivity contribution in [3.8, 4) is 23.3 Å². The number of pyridine rings is 2. The van der Waals surface area contributed by atoms with Gasteiger partial charge in [0.1, 0.15) is 17.5 Å². The summed E-state index contributed by atoms with van der Waals surface area (Å²) in [5, 5.41) is 11.6. The Morgan fingerprint density at radius 1 is 0.839 bits per heavy atom. The zero-order chi connectivity index (χ0) is 21.7. The molecule has 0 aliphatic rings. The molecular weight excluding hydrogens is 396 g/mol. The van der Waals surface area contributed by atoms with E-state index in [1.54, 1.807) is 31.4 Å². The van der Waals surface area contributed by atoms with Crippen molar-refractivity contribution in [1.82, 2.24) is 14.4 Å². The number of methoxy groups -OCH3 is 3. The summed E-state index contributed by atoms with van der Waals surface area (Å²) in [5.74, 6) is 1.56. The fourth-order valence-electron chi connectivity index (χ4n) is 3.77. The van der Waals surface area contributed by atoms with E-state index in [-0.39, 0.29) is 16.8 Å². The van der Waals surface area contributed by atoms with E-state index in [4.69, 9.17) is 19.2 Å². The van der Waals surface area contributed by atoms with Crippen LogP contribution in [0.25, 0.3) is 38.5 Å². The smallest absolute Gasteiger partial charge is 0.267 e. The van der Waals surface area contributed by atoms with Crippen LogP contribution in [0, 0.1) is 11.3 Å². The van der Waals surface area contributed by atoms with Gasteiger partial charge in [-0.15, -0.1) is 0 Å². The summed E-state index contributed by atoms with van der Waals surface area (Å²) < 4.78 is 17.3. The summed E-state index contributed by atoms with van der Waals surface area (Å²) in [5.41, 5.74) is 1.68. The minimum Gasteiger partial charge on any atom is -0.497 e. The molecular formula is C23H16N4O4. The van der Waals surface area contributed by atoms with E-state index in [1.165, 1.54) is 18.6 Å². The van der Waals surface area contributed by atoms with E-state index in [0.717, 1.165) is 5.39 Å². The monoisotopic (exact) mass is 412 g/mol. The van der Waals surface area contributed by atoms with E-state index in [0.29, 0.717) is 44.7 Å². The second-order valence-electron chi connectivity index (χ2n) is 6.93. The van der Waals surface area contributed by atoms with Crippen LogP contribution in [0.15, 0.2) is 47.3 Å². The van der Waals surface area contributed by atoms with Crippen LogP contribution in [0.1, 0.15) is 5.56 Å². The van der Waals surface area contributed by atoms with E-state index in [2.05, 4.69) is 11.1 Å². The molecule has 3 aromatic heterocycles. The van der Waals surface area contributed by atoms with Gasteiger partial charge in [0.05, 0.1) is 43.3 Å². The number of hydrogen-bond donors (Lipinski definition) is 0. The molecule has 5 aromatic rings. The summed E-state index contributed by atoms with van der Waals surface area (Å²) in [6.45, 7) is 0. The lowest BCUT2D eigenvalue weighted by molar-refractivity contribution is 0.355. The van der Waals surface area contributed by atoms with Crippen LogP contribution < -0.4 is 19.8 Å². The Hall–Kier alpha value is -4.38. The molecule has 0 aliphatic heterocycles. The molecule has 0 amide bonds. The lowest BCUT2D eigenvalue weighted by Crippen LogP contribution is -2.18. The van der Waals surface area contributed by atoms with Gasteiger partial charge in [-0.2, -0.15) is 5.26 Å². The lowest BCUT2D eigenvalue weighted by atomic mass is 10.1. The molecule has 0 unspecified atom stereocenters. The van der Waals surface area contributed by atoms with Crippen molar-refractivity contribution in [2.24, 2.45) is 0 Å². The summed E-state index contributed by atoms with van der Waals surface area (Å²) in [6, 6.07) is 14.4. The van der Waals surface area contributed by atoms with Gasteiger partial charge < -0.3 is 14.2 Å². The average molecular weight is 412 g/mol. The quantitative estimate of drug-likeness (QED) is 0.331. The second kappa shape index (κ2) is 6.85. The Morgan fingerprint density at radius 3 is 2.29 bits per heavy atom. The van der Waals surface area contributed by atoms with Crippen LogP contribution in [0.5, 0.6) is 17.2 Å². The Balaban J connectivity index is 1.98. The lowest BCUT2D eigenvalue weighted by Gasteiger charge is -2.12. The fraction of sp³-hybridized carbons (Fsp3) is 0.130. The van der Waals surface area contributed by atoms with Gasteiger partial charge in [0, 0.05) is 16.8 Å². The number of fused-ring (bicyclic) bond motifs is 5. The number of nitriles is 1. The van der Waals surface area contributed by atoms with Crippen molar-refractivity contribution in [1.29, 1.82) is 5.26 Å². The number of benzene rings is 2. The first-order valence-electron chi connectivity index (χ1n) is 9.38. The minimum absolute atomic E-state index is 0.236. The first-order chi connectivity index (χ1) is 15.1. The van der Waals surface area contributed by atoms with E-state index >= 15 is 0 Å². The topological polar surface area (TPSA) is 98.7 Å². The fourth-order valence-corrected chi connectivity index (χ4v) is 3.77. The maximum absolute atomic E-state index is 13.5. The standard InChI is InChI=1S/C23H16N4O4/c1-29-15-4-5-17-12(8-15)6-13-7-14(11-24)22-26-18-10-20(31-3)19(30-2)9-16(18)23(28)27(22)21(13)25-17/h4-10H,1-3H3. The maximum Gasteiger partial charge on any atom is 0.267 e. The van der Waals surface area contributed by atoms with Gasteiger partial charge in [-0.1, -0.05) is 0 Å². The maximum atomic E-state index is 13.5. The number of rotatable bonds is 3. The minimum atomic E-state index is -0.344. The molecule has 0 aliphatic carbocycles. The van der Waals surface area contributed by atoms with Crippen LogP contribution in [0.3, 0.4) is 0 Å². The first kappa shape index (κ1) is 18.6. The van der Waals surface area contributed by atoms with Crippen LogP contribution in [-0.2, 0) is 0 Å². The predicted octanol–water partition coefficient (Wildman–Crippen LogP) is 3.45. The zero-order valence-corrected chi connectivity index (χ0v) is 17.0. The van der Waals surface area contributed by atoms with Gasteiger partial charge in [-0.05, 0) is 36.4 Å². The molecule has 0 radical (unpaired) electrons. The van der Waals surface area contributed by atoms with Crippen LogP contribution in [0.4, 0.5) is 0 Å². The van der Waals surface area contributed by atoms with E-state index in [1.807, 2.05) is 18.2 Å². The molecule has 0 N–H and O–H groups in total. The van der Waals surface area contributed by atoms with Crippen molar-refractivity contribution in [2.75, 3.05) is 21.3 Å². The number of ether oxygens (including phenoxy) is 3. The third kappa shape index (κ3) is 2.71. The van der Waals surface area contributed by atoms with Gasteiger partial charge in [-0.25, -0.2) is 14.4 Å². The molecule has 5 rings (SSSR count). The van der Waals surface area contributed by atoms with E-state index in [9.17, 15) is 10.1 Å². The Morgan fingerprint density at radius 2 is 1.58 bits per heavy atom. The number of nitrogens with zero attached hydrogens (tertiary/aromatic N) is 4. The van der Waals surface area contributed by atoms with Gasteiger partial charge in [-0.3, -0.25) is 4.79 Å². The molecule has 0 saturated heterocycles. The SMILES string of the molecule is COc1ccc2nc3c(cc(C#N)c4nc5cc(OC)c(OC)cc5c(=O)n43)cc2c1. The van der Waals surface area contributed by atoms with Gasteiger partial charge in [0.15, 0.2) is 17.1 Å². The van der Waals surface area contributed by atoms with Gasteiger partial charge in [0.25, 0.3) is 5.56 Å².